The monoisotopic (exact) mass is 609 g/mol. The van der Waals surface area contributed by atoms with Crippen molar-refractivity contribution in [2.45, 2.75) is 57.2 Å². The van der Waals surface area contributed by atoms with E-state index < -0.39 is 34.3 Å². The van der Waals surface area contributed by atoms with E-state index in [1.807, 2.05) is 30.3 Å². The molecule has 1 heterocycles. The number of anilines is 1. The summed E-state index contributed by atoms with van der Waals surface area (Å²) < 4.78 is 52.7. The van der Waals surface area contributed by atoms with Gasteiger partial charge >= 0.3 is 0 Å². The normalized spacial score (nSPS) is 15.5. The molecule has 1 aliphatic carbocycles. The van der Waals surface area contributed by atoms with Crippen LogP contribution in [0, 0.1) is 5.82 Å². The lowest BCUT2D eigenvalue weighted by Gasteiger charge is -2.35. The number of ether oxygens (including phenoxy) is 2. The van der Waals surface area contributed by atoms with Crippen LogP contribution in [-0.2, 0) is 32.6 Å². The number of rotatable bonds is 11. The third-order valence-electron chi connectivity index (χ3n) is 7.84. The van der Waals surface area contributed by atoms with Crippen LogP contribution in [0.15, 0.2) is 72.8 Å². The predicted molar refractivity (Wildman–Crippen MR) is 161 cm³/mol. The van der Waals surface area contributed by atoms with Crippen LogP contribution >= 0.6 is 0 Å². The maximum absolute atomic E-state index is 15.0. The number of nitrogens with one attached hydrogen (secondary N) is 1. The molecule has 0 bridgehead atoms. The molecule has 228 valence electrons. The van der Waals surface area contributed by atoms with Crippen molar-refractivity contribution in [2.24, 2.45) is 0 Å². The van der Waals surface area contributed by atoms with Gasteiger partial charge in [-0.1, -0.05) is 67.8 Å². The maximum Gasteiger partial charge on any atom is 0.244 e. The summed E-state index contributed by atoms with van der Waals surface area (Å²) in [4.78, 5) is 29.5. The molecule has 1 unspecified atom stereocenters. The van der Waals surface area contributed by atoms with Crippen LogP contribution in [0.2, 0.25) is 0 Å². The highest BCUT2D eigenvalue weighted by Gasteiger charge is 2.34. The first-order chi connectivity index (χ1) is 20.7. The highest BCUT2D eigenvalue weighted by molar-refractivity contribution is 7.92. The zero-order valence-corrected chi connectivity index (χ0v) is 24.9. The van der Waals surface area contributed by atoms with Crippen molar-refractivity contribution in [3.63, 3.8) is 0 Å². The van der Waals surface area contributed by atoms with Crippen LogP contribution in [-0.4, -0.2) is 56.8 Å². The summed E-state index contributed by atoms with van der Waals surface area (Å²) in [7, 11) is -3.96. The van der Waals surface area contributed by atoms with Gasteiger partial charge in [-0.2, -0.15) is 0 Å². The van der Waals surface area contributed by atoms with Gasteiger partial charge in [-0.05, 0) is 36.6 Å². The van der Waals surface area contributed by atoms with Crippen molar-refractivity contribution in [3.05, 3.63) is 89.7 Å². The van der Waals surface area contributed by atoms with E-state index in [4.69, 9.17) is 9.47 Å². The van der Waals surface area contributed by atoms with Gasteiger partial charge in [0, 0.05) is 30.6 Å². The summed E-state index contributed by atoms with van der Waals surface area (Å²) in [5, 5.41) is 3.13. The first-order valence-corrected chi connectivity index (χ1v) is 16.3. The number of nitrogens with zero attached hydrogens (tertiary/aromatic N) is 2. The van der Waals surface area contributed by atoms with E-state index >= 15 is 0 Å². The minimum Gasteiger partial charge on any atom is -0.454 e. The van der Waals surface area contributed by atoms with Crippen molar-refractivity contribution in [2.75, 3.05) is 23.9 Å². The smallest absolute Gasteiger partial charge is 0.244 e. The molecule has 2 aliphatic rings. The number of amides is 2. The number of carbonyl (C=O) groups is 2. The average Bonchev–Trinajstić information content (AvgIpc) is 3.47. The molecule has 1 fully saturated rings. The Labute approximate surface area is 251 Å². The van der Waals surface area contributed by atoms with Gasteiger partial charge in [-0.3, -0.25) is 13.9 Å². The Morgan fingerprint density at radius 3 is 2.37 bits per heavy atom. The van der Waals surface area contributed by atoms with Gasteiger partial charge in [0.15, 0.2) is 11.5 Å². The first-order valence-electron chi connectivity index (χ1n) is 14.4. The van der Waals surface area contributed by atoms with Crippen molar-refractivity contribution >= 4 is 27.5 Å². The fraction of sp³-hybridized carbons (Fsp3) is 0.375. The van der Waals surface area contributed by atoms with E-state index in [0.717, 1.165) is 48.2 Å². The zero-order chi connectivity index (χ0) is 30.4. The summed E-state index contributed by atoms with van der Waals surface area (Å²) in [6.45, 7) is -0.820. The summed E-state index contributed by atoms with van der Waals surface area (Å²) >= 11 is 0. The quantitative estimate of drug-likeness (QED) is 0.346. The summed E-state index contributed by atoms with van der Waals surface area (Å²) in [5.41, 5.74) is 1.24. The number of halogens is 1. The van der Waals surface area contributed by atoms with E-state index in [0.29, 0.717) is 11.5 Å². The van der Waals surface area contributed by atoms with Crippen LogP contribution < -0.4 is 19.1 Å². The van der Waals surface area contributed by atoms with E-state index in [1.165, 1.54) is 23.1 Å². The van der Waals surface area contributed by atoms with Gasteiger partial charge < -0.3 is 19.7 Å². The minimum atomic E-state index is -3.96. The fourth-order valence-electron chi connectivity index (χ4n) is 5.56. The standard InChI is InChI=1S/C32H36FN3O6S/c1-43(39,40)36(26-16-17-29-30(19-26)42-22-41-29)21-31(37)35(20-24-12-8-9-15-27(24)33)28(18-23-10-4-2-5-11-23)32(38)34-25-13-6-3-7-14-25/h2,4-5,8-12,15-17,19,25,28H,3,6-7,13-14,18,20-22H2,1H3,(H,34,38). The molecule has 11 heteroatoms. The molecule has 0 radical (unpaired) electrons. The van der Waals surface area contributed by atoms with Crippen LogP contribution in [0.3, 0.4) is 0 Å². The second kappa shape index (κ2) is 13.5. The molecule has 43 heavy (non-hydrogen) atoms. The van der Waals surface area contributed by atoms with Crippen LogP contribution in [0.5, 0.6) is 11.5 Å². The van der Waals surface area contributed by atoms with E-state index in [1.54, 1.807) is 24.3 Å². The molecule has 1 N–H and O–H groups in total. The number of hydrogen-bond donors (Lipinski definition) is 1. The van der Waals surface area contributed by atoms with Gasteiger partial charge in [0.2, 0.25) is 28.6 Å². The number of hydrogen-bond acceptors (Lipinski definition) is 6. The Morgan fingerprint density at radius 2 is 1.65 bits per heavy atom. The average molecular weight is 610 g/mol. The van der Waals surface area contributed by atoms with Crippen LogP contribution in [0.1, 0.15) is 43.2 Å². The van der Waals surface area contributed by atoms with Crippen LogP contribution in [0.25, 0.3) is 0 Å². The van der Waals surface area contributed by atoms with E-state index in [2.05, 4.69) is 5.32 Å². The molecule has 0 saturated heterocycles. The second-order valence-electron chi connectivity index (χ2n) is 11.0. The molecule has 1 atom stereocenters. The minimum absolute atomic E-state index is 0.00425. The Hall–Kier alpha value is -4.12. The molecule has 0 spiro atoms. The third kappa shape index (κ3) is 7.64. The molecule has 1 aliphatic heterocycles. The van der Waals surface area contributed by atoms with Gasteiger partial charge in [0.25, 0.3) is 0 Å². The summed E-state index contributed by atoms with van der Waals surface area (Å²) in [6.07, 6.45) is 5.98. The zero-order valence-electron chi connectivity index (χ0n) is 24.1. The Balaban J connectivity index is 1.51. The Bertz CT molecular complexity index is 1550. The highest BCUT2D eigenvalue weighted by atomic mass is 32.2. The lowest BCUT2D eigenvalue weighted by atomic mass is 9.94. The largest absolute Gasteiger partial charge is 0.454 e. The molecule has 3 aromatic rings. The third-order valence-corrected chi connectivity index (χ3v) is 8.99. The molecule has 9 nitrogen and oxygen atoms in total. The number of carbonyl (C=O) groups excluding carboxylic acids is 2. The van der Waals surface area contributed by atoms with Crippen molar-refractivity contribution in [1.82, 2.24) is 10.2 Å². The van der Waals surface area contributed by atoms with Crippen molar-refractivity contribution in [1.29, 1.82) is 0 Å². The number of sulfonamides is 1. The Kier molecular flexibility index (Phi) is 9.49. The first kappa shape index (κ1) is 30.3. The molecule has 3 aromatic carbocycles. The predicted octanol–water partition coefficient (Wildman–Crippen LogP) is 4.41. The van der Waals surface area contributed by atoms with Gasteiger partial charge in [0.05, 0.1) is 11.9 Å². The van der Waals surface area contributed by atoms with E-state index in [-0.39, 0.29) is 43.0 Å². The highest BCUT2D eigenvalue weighted by Crippen LogP contribution is 2.36. The van der Waals surface area contributed by atoms with E-state index in [9.17, 15) is 22.4 Å². The summed E-state index contributed by atoms with van der Waals surface area (Å²) in [5.74, 6) is -0.703. The lowest BCUT2D eigenvalue weighted by Crippen LogP contribution is -2.55. The number of fused-ring (bicyclic) bond motifs is 1. The lowest BCUT2D eigenvalue weighted by molar-refractivity contribution is -0.140. The topological polar surface area (TPSA) is 105 Å². The molecule has 0 aromatic heterocycles. The molecule has 2 amide bonds. The van der Waals surface area contributed by atoms with Gasteiger partial charge in [0.1, 0.15) is 18.4 Å². The SMILES string of the molecule is CS(=O)(=O)N(CC(=O)N(Cc1ccccc1F)C(Cc1ccccc1)C(=O)NC1CCCCC1)c1ccc2c(c1)OCO2. The molecular weight excluding hydrogens is 573 g/mol. The van der Waals surface area contributed by atoms with Crippen molar-refractivity contribution < 1.29 is 31.9 Å². The second-order valence-corrected chi connectivity index (χ2v) is 12.9. The molecular formula is C32H36FN3O6S. The van der Waals surface area contributed by atoms with Crippen molar-refractivity contribution in [3.8, 4) is 11.5 Å². The summed E-state index contributed by atoms with van der Waals surface area (Å²) in [6, 6.07) is 18.9. The number of benzene rings is 3. The van der Waals surface area contributed by atoms with Gasteiger partial charge in [-0.25, -0.2) is 12.8 Å². The Morgan fingerprint density at radius 1 is 0.953 bits per heavy atom. The van der Waals surface area contributed by atoms with Crippen LogP contribution in [0.4, 0.5) is 10.1 Å². The fourth-order valence-corrected chi connectivity index (χ4v) is 6.40. The molecule has 1 saturated carbocycles. The molecule has 5 rings (SSSR count). The van der Waals surface area contributed by atoms with Gasteiger partial charge in [-0.15, -0.1) is 0 Å². The maximum atomic E-state index is 15.0.